The van der Waals surface area contributed by atoms with Crippen LogP contribution in [-0.4, -0.2) is 18.2 Å². The lowest BCUT2D eigenvalue weighted by Crippen LogP contribution is -2.20. The molecule has 4 nitrogen and oxygen atoms in total. The summed E-state index contributed by atoms with van der Waals surface area (Å²) in [6.45, 7) is 0. The monoisotopic (exact) mass is 257 g/mol. The molecule has 0 fully saturated rings. The minimum atomic E-state index is -1.03. The Bertz CT molecular complexity index is 561. The molecular formula is C15H15NO3. The number of aliphatic carboxylic acids is 1. The van der Waals surface area contributed by atoms with Gasteiger partial charge in [-0.2, -0.15) is 0 Å². The van der Waals surface area contributed by atoms with Gasteiger partial charge in [0.2, 0.25) is 0 Å². The van der Waals surface area contributed by atoms with E-state index in [-0.39, 0.29) is 0 Å². The van der Waals surface area contributed by atoms with Gasteiger partial charge in [0.25, 0.3) is 0 Å². The Kier molecular flexibility index (Phi) is 3.82. The van der Waals surface area contributed by atoms with Crippen molar-refractivity contribution in [2.45, 2.75) is 6.04 Å². The molecular weight excluding hydrogens is 242 g/mol. The van der Waals surface area contributed by atoms with Crippen LogP contribution in [0.2, 0.25) is 0 Å². The van der Waals surface area contributed by atoms with Gasteiger partial charge < -0.3 is 15.6 Å². The second-order valence-electron chi connectivity index (χ2n) is 4.17. The molecule has 0 radical (unpaired) electrons. The van der Waals surface area contributed by atoms with E-state index in [4.69, 9.17) is 15.6 Å². The summed E-state index contributed by atoms with van der Waals surface area (Å²) >= 11 is 0. The second kappa shape index (κ2) is 5.54. The number of nitrogens with two attached hydrogens (primary N) is 1. The number of rotatable bonds is 4. The van der Waals surface area contributed by atoms with Gasteiger partial charge in [-0.3, -0.25) is 4.79 Å². The van der Waals surface area contributed by atoms with Crippen molar-refractivity contribution >= 4 is 5.97 Å². The zero-order valence-corrected chi connectivity index (χ0v) is 10.5. The number of hydrogen-bond acceptors (Lipinski definition) is 3. The fraction of sp³-hybridized carbons (Fsp3) is 0.133. The predicted molar refractivity (Wildman–Crippen MR) is 73.0 cm³/mol. The molecule has 2 aromatic rings. The summed E-state index contributed by atoms with van der Waals surface area (Å²) in [7, 11) is 1.62. The van der Waals surface area contributed by atoms with Crippen LogP contribution in [-0.2, 0) is 4.79 Å². The van der Waals surface area contributed by atoms with Crippen molar-refractivity contribution in [1.82, 2.24) is 0 Å². The highest BCUT2D eigenvalue weighted by atomic mass is 16.5. The molecule has 1 atom stereocenters. The molecule has 0 aromatic heterocycles. The predicted octanol–water partition coefficient (Wildman–Crippen LogP) is 2.45. The normalized spacial score (nSPS) is 11.9. The van der Waals surface area contributed by atoms with Gasteiger partial charge in [-0.1, -0.05) is 36.4 Å². The molecule has 0 saturated carbocycles. The largest absolute Gasteiger partial charge is 0.497 e. The number of carbonyl (C=O) groups is 1. The Balaban J connectivity index is 2.24. The third-order valence-electron chi connectivity index (χ3n) is 2.96. The van der Waals surface area contributed by atoms with Crippen molar-refractivity contribution < 1.29 is 14.6 Å². The molecule has 0 spiro atoms. The summed E-state index contributed by atoms with van der Waals surface area (Å²) in [6, 6.07) is 13.9. The fourth-order valence-corrected chi connectivity index (χ4v) is 1.81. The quantitative estimate of drug-likeness (QED) is 0.882. The van der Waals surface area contributed by atoms with Crippen molar-refractivity contribution in [3.63, 3.8) is 0 Å². The first kappa shape index (κ1) is 13.1. The molecule has 4 heteroatoms. The zero-order valence-electron chi connectivity index (χ0n) is 10.5. The summed E-state index contributed by atoms with van der Waals surface area (Å²) in [5.41, 5.74) is 8.18. The highest BCUT2D eigenvalue weighted by Crippen LogP contribution is 2.23. The van der Waals surface area contributed by atoms with Gasteiger partial charge in [0.05, 0.1) is 7.11 Å². The molecule has 2 rings (SSSR count). The first-order valence-electron chi connectivity index (χ1n) is 5.84. The first-order chi connectivity index (χ1) is 9.11. The van der Waals surface area contributed by atoms with Crippen LogP contribution in [0.25, 0.3) is 11.1 Å². The summed E-state index contributed by atoms with van der Waals surface area (Å²) in [6.07, 6.45) is 0. The molecule has 2 aromatic carbocycles. The number of carboxylic acids is 1. The van der Waals surface area contributed by atoms with E-state index in [0.29, 0.717) is 5.56 Å². The topological polar surface area (TPSA) is 72.5 Å². The Labute approximate surface area is 111 Å². The average Bonchev–Trinajstić information content (AvgIpc) is 2.46. The molecule has 19 heavy (non-hydrogen) atoms. The molecule has 0 heterocycles. The van der Waals surface area contributed by atoms with Gasteiger partial charge in [0.15, 0.2) is 0 Å². The van der Waals surface area contributed by atoms with Gasteiger partial charge >= 0.3 is 5.97 Å². The van der Waals surface area contributed by atoms with E-state index in [0.717, 1.165) is 16.9 Å². The molecule has 0 aliphatic rings. The van der Waals surface area contributed by atoms with Crippen LogP contribution in [0.3, 0.4) is 0 Å². The number of benzene rings is 2. The average molecular weight is 257 g/mol. The van der Waals surface area contributed by atoms with Crippen LogP contribution < -0.4 is 10.5 Å². The van der Waals surface area contributed by atoms with Gasteiger partial charge in [0.1, 0.15) is 11.8 Å². The van der Waals surface area contributed by atoms with E-state index in [1.165, 1.54) is 0 Å². The van der Waals surface area contributed by atoms with Gasteiger partial charge in [-0.25, -0.2) is 0 Å². The second-order valence-corrected chi connectivity index (χ2v) is 4.17. The Hall–Kier alpha value is -2.33. The van der Waals surface area contributed by atoms with E-state index < -0.39 is 12.0 Å². The molecule has 0 amide bonds. The Morgan fingerprint density at radius 3 is 1.95 bits per heavy atom. The summed E-state index contributed by atoms with van der Waals surface area (Å²) in [5.74, 6) is -0.231. The lowest BCUT2D eigenvalue weighted by atomic mass is 10.0. The van der Waals surface area contributed by atoms with Crippen LogP contribution in [0.1, 0.15) is 11.6 Å². The first-order valence-corrected chi connectivity index (χ1v) is 5.84. The lowest BCUT2D eigenvalue weighted by molar-refractivity contribution is -0.138. The third-order valence-corrected chi connectivity index (χ3v) is 2.96. The minimum absolute atomic E-state index is 0.588. The van der Waals surface area contributed by atoms with Crippen LogP contribution in [0, 0.1) is 0 Å². The van der Waals surface area contributed by atoms with Crippen molar-refractivity contribution in [1.29, 1.82) is 0 Å². The summed E-state index contributed by atoms with van der Waals surface area (Å²) < 4.78 is 5.10. The van der Waals surface area contributed by atoms with Gasteiger partial charge in [-0.05, 0) is 28.8 Å². The fourth-order valence-electron chi connectivity index (χ4n) is 1.81. The minimum Gasteiger partial charge on any atom is -0.497 e. The van der Waals surface area contributed by atoms with E-state index in [9.17, 15) is 4.79 Å². The van der Waals surface area contributed by atoms with Gasteiger partial charge in [-0.15, -0.1) is 0 Å². The maximum Gasteiger partial charge on any atom is 0.325 e. The highest BCUT2D eigenvalue weighted by molar-refractivity contribution is 5.75. The standard InChI is InChI=1S/C15H15NO3/c1-19-13-8-6-11(7-9-13)10-2-4-12(5-3-10)14(16)15(17)18/h2-9,14H,16H2,1H3,(H,17,18)/t14-/m0/s1. The molecule has 0 aliphatic heterocycles. The van der Waals surface area contributed by atoms with Crippen LogP contribution in [0.4, 0.5) is 0 Å². The number of hydrogen-bond donors (Lipinski definition) is 2. The number of ether oxygens (including phenoxy) is 1. The molecule has 0 bridgehead atoms. The Morgan fingerprint density at radius 2 is 1.53 bits per heavy atom. The SMILES string of the molecule is COc1ccc(-c2ccc([C@H](N)C(=O)O)cc2)cc1. The van der Waals surface area contributed by atoms with Crippen molar-refractivity contribution in [3.8, 4) is 16.9 Å². The van der Waals surface area contributed by atoms with Crippen LogP contribution >= 0.6 is 0 Å². The Morgan fingerprint density at radius 1 is 1.05 bits per heavy atom. The van der Waals surface area contributed by atoms with Gasteiger partial charge in [0, 0.05) is 0 Å². The van der Waals surface area contributed by atoms with E-state index in [1.807, 2.05) is 36.4 Å². The van der Waals surface area contributed by atoms with Crippen molar-refractivity contribution in [2.24, 2.45) is 5.73 Å². The van der Waals surface area contributed by atoms with Crippen molar-refractivity contribution in [2.75, 3.05) is 7.11 Å². The van der Waals surface area contributed by atoms with E-state index in [1.54, 1.807) is 19.2 Å². The van der Waals surface area contributed by atoms with E-state index >= 15 is 0 Å². The van der Waals surface area contributed by atoms with Crippen LogP contribution in [0.15, 0.2) is 48.5 Å². The number of carboxylic acid groups (broad SMARTS) is 1. The maximum absolute atomic E-state index is 10.8. The molecule has 3 N–H and O–H groups in total. The summed E-state index contributed by atoms with van der Waals surface area (Å²) in [4.78, 5) is 10.8. The lowest BCUT2D eigenvalue weighted by Gasteiger charge is -2.08. The zero-order chi connectivity index (χ0) is 13.8. The highest BCUT2D eigenvalue weighted by Gasteiger charge is 2.13. The molecule has 0 unspecified atom stereocenters. The van der Waals surface area contributed by atoms with Crippen LogP contribution in [0.5, 0.6) is 5.75 Å². The van der Waals surface area contributed by atoms with Crippen molar-refractivity contribution in [3.05, 3.63) is 54.1 Å². The molecule has 98 valence electrons. The number of methoxy groups -OCH3 is 1. The third kappa shape index (κ3) is 2.92. The smallest absolute Gasteiger partial charge is 0.325 e. The molecule has 0 aliphatic carbocycles. The maximum atomic E-state index is 10.8. The van der Waals surface area contributed by atoms with E-state index in [2.05, 4.69) is 0 Å². The molecule has 0 saturated heterocycles. The summed E-state index contributed by atoms with van der Waals surface area (Å²) in [5, 5.41) is 8.84.